The molecule has 0 saturated carbocycles. The number of piperazine rings is 1. The maximum atomic E-state index is 13.8. The number of halogens is 1. The summed E-state index contributed by atoms with van der Waals surface area (Å²) in [5, 5.41) is 1.34. The predicted octanol–water partition coefficient (Wildman–Crippen LogP) is 2.67. The molecule has 0 bridgehead atoms. The van der Waals surface area contributed by atoms with Crippen molar-refractivity contribution in [1.29, 1.82) is 0 Å². The molecule has 0 spiro atoms. The Morgan fingerprint density at radius 1 is 1.14 bits per heavy atom. The summed E-state index contributed by atoms with van der Waals surface area (Å²) in [5.74, 6) is 0.245. The summed E-state index contributed by atoms with van der Waals surface area (Å²) in [6.07, 6.45) is -1.15. The normalized spacial score (nSPS) is 18.2. The Hall–Kier alpha value is -3.04. The first kappa shape index (κ1) is 26.0. The van der Waals surface area contributed by atoms with E-state index in [9.17, 15) is 9.59 Å². The topological polar surface area (TPSA) is 74.7 Å². The number of hydrogen-bond donors (Lipinski definition) is 0. The summed E-state index contributed by atoms with van der Waals surface area (Å²) in [6, 6.07) is 13.0. The van der Waals surface area contributed by atoms with Crippen molar-refractivity contribution in [2.75, 3.05) is 38.1 Å². The van der Waals surface area contributed by atoms with Crippen molar-refractivity contribution in [1.82, 2.24) is 9.80 Å². The second kappa shape index (κ2) is 10.5. The zero-order valence-corrected chi connectivity index (χ0v) is 22.2. The molecule has 0 N–H and O–H groups in total. The van der Waals surface area contributed by atoms with Crippen LogP contribution in [0.15, 0.2) is 47.5 Å². The van der Waals surface area contributed by atoms with Gasteiger partial charge in [0.1, 0.15) is 13.7 Å². The fourth-order valence-corrected chi connectivity index (χ4v) is 4.25. The van der Waals surface area contributed by atoms with Gasteiger partial charge in [0.15, 0.2) is 0 Å². The number of para-hydroxylation sites is 1. The molecular weight excluding hydrogens is 479 g/mol. The molecule has 8 nitrogen and oxygen atoms in total. The SMILES string of the molecule is BC(C)(CC)C(=O)OC(C)OC(=O)N1C(N2CCN(C)CC2)=c2ccccc2=Nc2ccc(Cl)cc21. The molecule has 4 rings (SSSR count). The monoisotopic (exact) mass is 510 g/mol. The third kappa shape index (κ3) is 5.37. The third-order valence-corrected chi connectivity index (χ3v) is 6.97. The highest BCUT2D eigenvalue weighted by molar-refractivity contribution is 6.31. The highest BCUT2D eigenvalue weighted by atomic mass is 35.5. The number of ether oxygens (including phenoxy) is 2. The van der Waals surface area contributed by atoms with E-state index in [1.807, 2.05) is 31.2 Å². The standard InChI is InChI=1S/C26H32BClN4O4/c1-5-26(3,27)24(33)35-17(2)36-25(34)32-22-16-18(28)10-11-21(22)29-20-9-7-6-8-19(20)23(32)31-14-12-30(4)13-15-31/h6-11,16-17H,5,12-15,27H2,1-4H3. The molecule has 0 radical (unpaired) electrons. The molecule has 2 heterocycles. The Balaban J connectivity index is 1.79. The summed E-state index contributed by atoms with van der Waals surface area (Å²) in [7, 11) is 3.88. The number of benzene rings is 2. The number of carbonyl (C=O) groups excluding carboxylic acids is 2. The molecule has 0 aromatic heterocycles. The van der Waals surface area contributed by atoms with Crippen LogP contribution in [-0.4, -0.2) is 69.2 Å². The van der Waals surface area contributed by atoms with Crippen LogP contribution in [0.3, 0.4) is 0 Å². The molecule has 36 heavy (non-hydrogen) atoms. The minimum atomic E-state index is -1.08. The van der Waals surface area contributed by atoms with Crippen LogP contribution in [0.4, 0.5) is 16.2 Å². The van der Waals surface area contributed by atoms with Gasteiger partial charge in [-0.2, -0.15) is 0 Å². The Labute approximate surface area is 217 Å². The van der Waals surface area contributed by atoms with Crippen molar-refractivity contribution in [3.05, 3.63) is 58.1 Å². The summed E-state index contributed by atoms with van der Waals surface area (Å²) in [4.78, 5) is 37.2. The van der Waals surface area contributed by atoms with Crippen molar-refractivity contribution in [2.45, 2.75) is 38.8 Å². The Bertz CT molecular complexity index is 1280. The van der Waals surface area contributed by atoms with E-state index in [2.05, 4.69) is 16.8 Å². The lowest BCUT2D eigenvalue weighted by molar-refractivity contribution is -0.167. The molecule has 2 unspecified atom stereocenters. The lowest BCUT2D eigenvalue weighted by Gasteiger charge is -2.39. The Morgan fingerprint density at radius 3 is 2.53 bits per heavy atom. The molecule has 2 aliphatic rings. The van der Waals surface area contributed by atoms with E-state index >= 15 is 0 Å². The molecule has 2 aliphatic heterocycles. The summed E-state index contributed by atoms with van der Waals surface area (Å²) >= 11 is 6.39. The van der Waals surface area contributed by atoms with E-state index in [1.165, 1.54) is 4.90 Å². The lowest BCUT2D eigenvalue weighted by Crippen LogP contribution is -2.51. The van der Waals surface area contributed by atoms with E-state index in [0.29, 0.717) is 28.6 Å². The number of likely N-dealkylation sites (N-methyl/N-ethyl adjacent to an activating group) is 1. The quantitative estimate of drug-likeness (QED) is 0.350. The summed E-state index contributed by atoms with van der Waals surface area (Å²) in [6.45, 7) is 8.38. The number of fused-ring (bicyclic) bond motifs is 2. The van der Waals surface area contributed by atoms with Crippen LogP contribution in [0, 0.1) is 0 Å². The zero-order chi connectivity index (χ0) is 26.0. The van der Waals surface area contributed by atoms with Crippen molar-refractivity contribution < 1.29 is 19.1 Å². The van der Waals surface area contributed by atoms with Gasteiger partial charge in [0.25, 0.3) is 0 Å². The van der Waals surface area contributed by atoms with Gasteiger partial charge in [-0.25, -0.2) is 14.7 Å². The van der Waals surface area contributed by atoms with Gasteiger partial charge in [-0.15, -0.1) is 0 Å². The van der Waals surface area contributed by atoms with E-state index in [0.717, 1.165) is 36.8 Å². The summed E-state index contributed by atoms with van der Waals surface area (Å²) in [5.41, 5.74) is 1.09. The summed E-state index contributed by atoms with van der Waals surface area (Å²) < 4.78 is 11.2. The fourth-order valence-electron chi connectivity index (χ4n) is 4.08. The van der Waals surface area contributed by atoms with Gasteiger partial charge in [-0.05, 0) is 43.8 Å². The predicted molar refractivity (Wildman–Crippen MR) is 143 cm³/mol. The number of anilines is 1. The van der Waals surface area contributed by atoms with Crippen molar-refractivity contribution >= 4 is 48.7 Å². The third-order valence-electron chi connectivity index (χ3n) is 6.74. The number of carbonyl (C=O) groups is 2. The zero-order valence-electron chi connectivity index (χ0n) is 21.5. The first-order valence-corrected chi connectivity index (χ1v) is 12.6. The second-order valence-electron chi connectivity index (χ2n) is 9.81. The fraction of sp³-hybridized carbons (Fsp3) is 0.423. The number of esters is 1. The van der Waals surface area contributed by atoms with Crippen LogP contribution >= 0.6 is 11.6 Å². The Kier molecular flexibility index (Phi) is 7.61. The number of rotatable bonds is 5. The van der Waals surface area contributed by atoms with Crippen LogP contribution in [-0.2, 0) is 14.3 Å². The van der Waals surface area contributed by atoms with Crippen LogP contribution in [0.25, 0.3) is 5.82 Å². The number of amides is 1. The van der Waals surface area contributed by atoms with Crippen LogP contribution in [0.2, 0.25) is 10.3 Å². The first-order chi connectivity index (χ1) is 17.1. The van der Waals surface area contributed by atoms with Gasteiger partial charge in [0.05, 0.1) is 16.7 Å². The molecule has 10 heteroatoms. The molecule has 2 aromatic carbocycles. The molecule has 1 saturated heterocycles. The minimum absolute atomic E-state index is 0.423. The van der Waals surface area contributed by atoms with Crippen molar-refractivity contribution in [2.24, 2.45) is 4.99 Å². The van der Waals surface area contributed by atoms with E-state index in [4.69, 9.17) is 26.1 Å². The maximum Gasteiger partial charge on any atom is 0.423 e. The molecule has 190 valence electrons. The highest BCUT2D eigenvalue weighted by Gasteiger charge is 2.34. The van der Waals surface area contributed by atoms with Gasteiger partial charge in [0.2, 0.25) is 6.29 Å². The van der Waals surface area contributed by atoms with Crippen molar-refractivity contribution in [3.8, 4) is 0 Å². The lowest BCUT2D eigenvalue weighted by atomic mass is 9.69. The van der Waals surface area contributed by atoms with Gasteiger partial charge < -0.3 is 19.3 Å². The highest BCUT2D eigenvalue weighted by Crippen LogP contribution is 2.36. The smallest absolute Gasteiger partial charge is 0.423 e. The van der Waals surface area contributed by atoms with E-state index in [1.54, 1.807) is 39.9 Å². The number of nitrogens with zero attached hydrogens (tertiary/aromatic N) is 4. The van der Waals surface area contributed by atoms with Crippen LogP contribution in [0.1, 0.15) is 27.2 Å². The minimum Gasteiger partial charge on any atom is -0.426 e. The second-order valence-corrected chi connectivity index (χ2v) is 10.2. The first-order valence-electron chi connectivity index (χ1n) is 12.2. The molecule has 1 amide bonds. The average Bonchev–Trinajstić information content (AvgIpc) is 2.98. The maximum absolute atomic E-state index is 13.8. The van der Waals surface area contributed by atoms with Gasteiger partial charge in [-0.3, -0.25) is 4.79 Å². The van der Waals surface area contributed by atoms with E-state index < -0.39 is 23.7 Å². The Morgan fingerprint density at radius 2 is 1.83 bits per heavy atom. The van der Waals surface area contributed by atoms with Crippen LogP contribution in [0.5, 0.6) is 0 Å². The molecule has 2 aromatic rings. The molecule has 1 fully saturated rings. The molecule has 2 atom stereocenters. The van der Waals surface area contributed by atoms with E-state index in [-0.39, 0.29) is 0 Å². The molecule has 0 aliphatic carbocycles. The van der Waals surface area contributed by atoms with Crippen molar-refractivity contribution in [3.63, 3.8) is 0 Å². The van der Waals surface area contributed by atoms with Gasteiger partial charge >= 0.3 is 12.1 Å². The molecular formula is C26H32BClN4O4. The number of hydrogen-bond acceptors (Lipinski definition) is 7. The van der Waals surface area contributed by atoms with Gasteiger partial charge in [-0.1, -0.05) is 37.6 Å². The average molecular weight is 511 g/mol. The van der Waals surface area contributed by atoms with Crippen LogP contribution < -0.4 is 15.5 Å². The largest absolute Gasteiger partial charge is 0.426 e. The van der Waals surface area contributed by atoms with Gasteiger partial charge in [0, 0.05) is 48.7 Å².